The molecule has 1 aromatic heterocycles. The van der Waals surface area contributed by atoms with Crippen molar-refractivity contribution in [3.8, 4) is 11.5 Å². The van der Waals surface area contributed by atoms with Gasteiger partial charge in [-0.2, -0.15) is 0 Å². The maximum atomic E-state index is 5.36. The number of nitrogens with one attached hydrogen (secondary N) is 1. The summed E-state index contributed by atoms with van der Waals surface area (Å²) in [6.07, 6.45) is 2.87. The molecule has 0 fully saturated rings. The first-order valence-electron chi connectivity index (χ1n) is 7.15. The average molecular weight is 286 g/mol. The third-order valence-corrected chi connectivity index (χ3v) is 3.29. The highest BCUT2D eigenvalue weighted by atomic mass is 16.5. The largest absolute Gasteiger partial charge is 0.497 e. The monoisotopic (exact) mass is 286 g/mol. The number of nitrogens with zero attached hydrogens (tertiary/aromatic N) is 1. The van der Waals surface area contributed by atoms with Crippen molar-refractivity contribution in [3.05, 3.63) is 53.9 Å². The SMILES string of the molecule is CCCNC(c1cc(OC)cc(OC)c1)c1ccccn1. The highest BCUT2D eigenvalue weighted by Gasteiger charge is 2.16. The lowest BCUT2D eigenvalue weighted by Gasteiger charge is -2.20. The summed E-state index contributed by atoms with van der Waals surface area (Å²) >= 11 is 0. The van der Waals surface area contributed by atoms with Gasteiger partial charge >= 0.3 is 0 Å². The van der Waals surface area contributed by atoms with Crippen LogP contribution in [-0.4, -0.2) is 25.7 Å². The van der Waals surface area contributed by atoms with Crippen molar-refractivity contribution in [1.29, 1.82) is 0 Å². The Kier molecular flexibility index (Phi) is 5.58. The van der Waals surface area contributed by atoms with Crippen LogP contribution in [0.5, 0.6) is 11.5 Å². The molecule has 2 aromatic rings. The maximum Gasteiger partial charge on any atom is 0.122 e. The van der Waals surface area contributed by atoms with E-state index in [0.29, 0.717) is 0 Å². The first-order valence-corrected chi connectivity index (χ1v) is 7.15. The third-order valence-electron chi connectivity index (χ3n) is 3.29. The van der Waals surface area contributed by atoms with Gasteiger partial charge in [0.25, 0.3) is 0 Å². The van der Waals surface area contributed by atoms with Crippen molar-refractivity contribution in [2.45, 2.75) is 19.4 Å². The van der Waals surface area contributed by atoms with E-state index >= 15 is 0 Å². The Bertz CT molecular complexity index is 536. The summed E-state index contributed by atoms with van der Waals surface area (Å²) < 4.78 is 10.7. The zero-order chi connectivity index (χ0) is 15.1. The summed E-state index contributed by atoms with van der Waals surface area (Å²) in [5, 5.41) is 3.53. The Balaban J connectivity index is 2.40. The Morgan fingerprint density at radius 3 is 2.33 bits per heavy atom. The van der Waals surface area contributed by atoms with E-state index in [2.05, 4.69) is 17.2 Å². The molecule has 2 rings (SSSR count). The van der Waals surface area contributed by atoms with E-state index in [4.69, 9.17) is 9.47 Å². The number of aromatic nitrogens is 1. The lowest BCUT2D eigenvalue weighted by molar-refractivity contribution is 0.392. The highest BCUT2D eigenvalue weighted by Crippen LogP contribution is 2.29. The van der Waals surface area contributed by atoms with Crippen LogP contribution in [0, 0.1) is 0 Å². The minimum atomic E-state index is 0.0233. The van der Waals surface area contributed by atoms with Gasteiger partial charge in [0.2, 0.25) is 0 Å². The lowest BCUT2D eigenvalue weighted by Crippen LogP contribution is -2.24. The van der Waals surface area contributed by atoms with Gasteiger partial charge < -0.3 is 14.8 Å². The van der Waals surface area contributed by atoms with Crippen LogP contribution in [0.2, 0.25) is 0 Å². The van der Waals surface area contributed by atoms with Gasteiger partial charge in [0.1, 0.15) is 11.5 Å². The van der Waals surface area contributed by atoms with E-state index < -0.39 is 0 Å². The van der Waals surface area contributed by atoms with E-state index in [1.807, 2.05) is 42.6 Å². The molecule has 21 heavy (non-hydrogen) atoms. The Labute approximate surface area is 126 Å². The molecule has 0 bridgehead atoms. The molecule has 1 atom stereocenters. The van der Waals surface area contributed by atoms with Crippen LogP contribution in [0.4, 0.5) is 0 Å². The number of rotatable bonds is 7. The standard InChI is InChI=1S/C17H22N2O2/c1-4-8-19-17(16-7-5-6-9-18-16)13-10-14(20-2)12-15(11-13)21-3/h5-7,9-12,17,19H,4,8H2,1-3H3. The molecule has 0 spiro atoms. The van der Waals surface area contributed by atoms with Crippen molar-refractivity contribution in [2.24, 2.45) is 0 Å². The second-order valence-electron chi connectivity index (χ2n) is 4.79. The summed E-state index contributed by atoms with van der Waals surface area (Å²) in [4.78, 5) is 4.48. The normalized spacial score (nSPS) is 12.0. The molecule has 1 N–H and O–H groups in total. The van der Waals surface area contributed by atoms with Crippen LogP contribution in [0.3, 0.4) is 0 Å². The summed E-state index contributed by atoms with van der Waals surface area (Å²) in [6, 6.07) is 11.9. The van der Waals surface area contributed by atoms with E-state index in [-0.39, 0.29) is 6.04 Å². The molecule has 0 aliphatic rings. The minimum absolute atomic E-state index is 0.0233. The van der Waals surface area contributed by atoms with Gasteiger partial charge in [-0.3, -0.25) is 4.98 Å². The topological polar surface area (TPSA) is 43.4 Å². The molecular formula is C17H22N2O2. The Hall–Kier alpha value is -2.07. The fourth-order valence-corrected chi connectivity index (χ4v) is 2.22. The molecule has 1 heterocycles. The fraction of sp³-hybridized carbons (Fsp3) is 0.353. The molecule has 0 aliphatic carbocycles. The fourth-order valence-electron chi connectivity index (χ4n) is 2.22. The number of hydrogen-bond donors (Lipinski definition) is 1. The smallest absolute Gasteiger partial charge is 0.122 e. The van der Waals surface area contributed by atoms with Crippen molar-refractivity contribution < 1.29 is 9.47 Å². The van der Waals surface area contributed by atoms with Gasteiger partial charge in [0.05, 0.1) is 26.0 Å². The lowest BCUT2D eigenvalue weighted by atomic mass is 10.0. The molecular weight excluding hydrogens is 264 g/mol. The van der Waals surface area contributed by atoms with E-state index in [9.17, 15) is 0 Å². The van der Waals surface area contributed by atoms with Crippen LogP contribution >= 0.6 is 0 Å². The molecule has 4 heteroatoms. The van der Waals surface area contributed by atoms with Crippen molar-refractivity contribution in [2.75, 3.05) is 20.8 Å². The van der Waals surface area contributed by atoms with E-state index in [1.54, 1.807) is 14.2 Å². The van der Waals surface area contributed by atoms with Gasteiger partial charge in [0.15, 0.2) is 0 Å². The van der Waals surface area contributed by atoms with Gasteiger partial charge in [-0.1, -0.05) is 13.0 Å². The zero-order valence-corrected chi connectivity index (χ0v) is 12.8. The number of hydrogen-bond acceptors (Lipinski definition) is 4. The first-order chi connectivity index (χ1) is 10.3. The van der Waals surface area contributed by atoms with Gasteiger partial charge in [0, 0.05) is 12.3 Å². The van der Waals surface area contributed by atoms with Gasteiger partial charge in [-0.05, 0) is 42.8 Å². The molecule has 112 valence electrons. The van der Waals surface area contributed by atoms with Crippen molar-refractivity contribution in [3.63, 3.8) is 0 Å². The Morgan fingerprint density at radius 1 is 1.10 bits per heavy atom. The van der Waals surface area contributed by atoms with Crippen LogP contribution in [0.25, 0.3) is 0 Å². The number of methoxy groups -OCH3 is 2. The summed E-state index contributed by atoms with van der Waals surface area (Å²) in [5.41, 5.74) is 2.07. The molecule has 0 saturated carbocycles. The van der Waals surface area contributed by atoms with Crippen LogP contribution in [0.1, 0.15) is 30.6 Å². The zero-order valence-electron chi connectivity index (χ0n) is 12.8. The minimum Gasteiger partial charge on any atom is -0.497 e. The maximum absolute atomic E-state index is 5.36. The molecule has 0 aliphatic heterocycles. The molecule has 4 nitrogen and oxygen atoms in total. The van der Waals surface area contributed by atoms with Crippen LogP contribution in [-0.2, 0) is 0 Å². The van der Waals surface area contributed by atoms with E-state index in [1.165, 1.54) is 0 Å². The van der Waals surface area contributed by atoms with Crippen LogP contribution < -0.4 is 14.8 Å². The molecule has 1 unspecified atom stereocenters. The Morgan fingerprint density at radius 2 is 1.81 bits per heavy atom. The summed E-state index contributed by atoms with van der Waals surface area (Å²) in [6.45, 7) is 3.06. The highest BCUT2D eigenvalue weighted by molar-refractivity contribution is 5.42. The quantitative estimate of drug-likeness (QED) is 0.849. The predicted octanol–water partition coefficient (Wildman–Crippen LogP) is 3.19. The van der Waals surface area contributed by atoms with E-state index in [0.717, 1.165) is 35.7 Å². The van der Waals surface area contributed by atoms with Gasteiger partial charge in [-0.15, -0.1) is 0 Å². The second-order valence-corrected chi connectivity index (χ2v) is 4.79. The number of pyridine rings is 1. The molecule has 1 aromatic carbocycles. The van der Waals surface area contributed by atoms with Crippen molar-refractivity contribution >= 4 is 0 Å². The summed E-state index contributed by atoms with van der Waals surface area (Å²) in [5.74, 6) is 1.56. The first kappa shape index (κ1) is 15.3. The van der Waals surface area contributed by atoms with Crippen LogP contribution in [0.15, 0.2) is 42.6 Å². The average Bonchev–Trinajstić information content (AvgIpc) is 2.55. The summed E-state index contributed by atoms with van der Waals surface area (Å²) in [7, 11) is 3.32. The van der Waals surface area contributed by atoms with Crippen molar-refractivity contribution in [1.82, 2.24) is 10.3 Å². The number of ether oxygens (including phenoxy) is 2. The second kappa shape index (κ2) is 7.64. The third kappa shape index (κ3) is 3.95. The predicted molar refractivity (Wildman–Crippen MR) is 83.9 cm³/mol. The molecule has 0 radical (unpaired) electrons. The number of benzene rings is 1. The molecule has 0 saturated heterocycles. The molecule has 0 amide bonds. The van der Waals surface area contributed by atoms with Gasteiger partial charge in [-0.25, -0.2) is 0 Å².